The summed E-state index contributed by atoms with van der Waals surface area (Å²) in [5.41, 5.74) is 0.588. The number of anilines is 1. The minimum atomic E-state index is -0.643. The Morgan fingerprint density at radius 1 is 1.21 bits per heavy atom. The summed E-state index contributed by atoms with van der Waals surface area (Å²) in [6.45, 7) is 6.95. The lowest BCUT2D eigenvalue weighted by Crippen LogP contribution is -2.17. The predicted molar refractivity (Wildman–Crippen MR) is 128 cm³/mol. The lowest BCUT2D eigenvalue weighted by atomic mass is 10.1. The van der Waals surface area contributed by atoms with E-state index in [2.05, 4.69) is 10.4 Å². The fourth-order valence-corrected chi connectivity index (χ4v) is 4.20. The number of rotatable bonds is 9. The van der Waals surface area contributed by atoms with Gasteiger partial charge in [0.2, 0.25) is 0 Å². The molecule has 180 valence electrons. The Morgan fingerprint density at radius 3 is 2.65 bits per heavy atom. The molecule has 9 nitrogen and oxygen atoms in total. The average molecular weight is 506 g/mol. The number of amides is 1. The number of esters is 2. The Labute approximate surface area is 205 Å². The number of aromatic nitrogens is 2. The Bertz CT molecular complexity index is 1200. The molecule has 11 heteroatoms. The van der Waals surface area contributed by atoms with Gasteiger partial charge in [-0.25, -0.2) is 14.3 Å². The van der Waals surface area contributed by atoms with Crippen LogP contribution in [-0.4, -0.2) is 40.3 Å². The van der Waals surface area contributed by atoms with Crippen LogP contribution in [0, 0.1) is 6.92 Å². The van der Waals surface area contributed by atoms with Crippen LogP contribution < -0.4 is 10.1 Å². The molecule has 2 aromatic heterocycles. The van der Waals surface area contributed by atoms with E-state index in [9.17, 15) is 14.4 Å². The zero-order valence-corrected chi connectivity index (χ0v) is 20.7. The first-order chi connectivity index (χ1) is 16.2. The van der Waals surface area contributed by atoms with E-state index >= 15 is 0 Å². The molecule has 0 spiro atoms. The summed E-state index contributed by atoms with van der Waals surface area (Å²) in [4.78, 5) is 38.1. The summed E-state index contributed by atoms with van der Waals surface area (Å²) in [5.74, 6) is -1.22. The highest BCUT2D eigenvalue weighted by atomic mass is 35.5. The van der Waals surface area contributed by atoms with Crippen LogP contribution in [0.1, 0.15) is 56.9 Å². The Kier molecular flexibility index (Phi) is 8.30. The fourth-order valence-electron chi connectivity index (χ4n) is 2.93. The van der Waals surface area contributed by atoms with Crippen molar-refractivity contribution in [2.24, 2.45) is 0 Å². The van der Waals surface area contributed by atoms with Crippen LogP contribution in [0.3, 0.4) is 0 Å². The molecule has 0 atom stereocenters. The highest BCUT2D eigenvalue weighted by Gasteiger charge is 2.28. The van der Waals surface area contributed by atoms with Crippen molar-refractivity contribution in [3.8, 4) is 5.75 Å². The smallest absolute Gasteiger partial charge is 0.348 e. The Balaban J connectivity index is 1.78. The molecule has 0 aliphatic heterocycles. The maximum Gasteiger partial charge on any atom is 0.348 e. The third-order valence-electron chi connectivity index (χ3n) is 4.41. The number of thiophene rings is 1. The maximum absolute atomic E-state index is 12.9. The van der Waals surface area contributed by atoms with Crippen molar-refractivity contribution >= 4 is 45.8 Å². The number of hydrogen-bond acceptors (Lipinski definition) is 8. The van der Waals surface area contributed by atoms with Gasteiger partial charge in [0.05, 0.1) is 18.3 Å². The van der Waals surface area contributed by atoms with E-state index < -0.39 is 17.8 Å². The lowest BCUT2D eigenvalue weighted by molar-refractivity contribution is 0.0379. The molecule has 0 saturated carbocycles. The second-order valence-electron chi connectivity index (χ2n) is 7.36. The zero-order chi connectivity index (χ0) is 24.8. The van der Waals surface area contributed by atoms with Crippen LogP contribution in [0.5, 0.6) is 5.75 Å². The Hall–Kier alpha value is -3.37. The van der Waals surface area contributed by atoms with Gasteiger partial charge in [-0.1, -0.05) is 17.7 Å². The predicted octanol–water partition coefficient (Wildman–Crippen LogP) is 4.94. The van der Waals surface area contributed by atoms with E-state index in [-0.39, 0.29) is 40.6 Å². The summed E-state index contributed by atoms with van der Waals surface area (Å²) in [6.07, 6.45) is 1.20. The molecule has 0 aliphatic carbocycles. The van der Waals surface area contributed by atoms with Crippen molar-refractivity contribution in [3.63, 3.8) is 0 Å². The van der Waals surface area contributed by atoms with E-state index in [1.165, 1.54) is 10.7 Å². The van der Waals surface area contributed by atoms with Crippen LogP contribution >= 0.6 is 22.9 Å². The molecule has 0 saturated heterocycles. The quantitative estimate of drug-likeness (QED) is 0.410. The standard InChI is InChI=1S/C23H24ClN3O6S/c1-5-31-23(30)19-14(4)18(22(29)33-13(2)3)21(34-19)25-20(28)17-9-10-27(26-17)12-32-16-8-6-7-15(24)11-16/h6-11,13H,5,12H2,1-4H3,(H,25,28). The van der Waals surface area contributed by atoms with Crippen LogP contribution in [-0.2, 0) is 16.2 Å². The lowest BCUT2D eigenvalue weighted by Gasteiger charge is -2.10. The molecule has 2 heterocycles. The number of carbonyl (C=O) groups excluding carboxylic acids is 3. The van der Waals surface area contributed by atoms with Gasteiger partial charge in [-0.3, -0.25) is 4.79 Å². The van der Waals surface area contributed by atoms with Gasteiger partial charge in [-0.15, -0.1) is 11.3 Å². The van der Waals surface area contributed by atoms with Gasteiger partial charge in [-0.2, -0.15) is 5.10 Å². The molecule has 0 fully saturated rings. The summed E-state index contributed by atoms with van der Waals surface area (Å²) in [6, 6.07) is 8.41. The largest absolute Gasteiger partial charge is 0.471 e. The molecule has 1 amide bonds. The van der Waals surface area contributed by atoms with Gasteiger partial charge in [0.25, 0.3) is 5.91 Å². The molecule has 0 radical (unpaired) electrons. The summed E-state index contributed by atoms with van der Waals surface area (Å²) in [5, 5.41) is 7.60. The van der Waals surface area contributed by atoms with Gasteiger partial charge < -0.3 is 19.5 Å². The van der Waals surface area contributed by atoms with Gasteiger partial charge in [-0.05, 0) is 57.5 Å². The third-order valence-corrected chi connectivity index (χ3v) is 5.84. The molecule has 0 unspecified atom stereocenters. The van der Waals surface area contributed by atoms with Crippen LogP contribution in [0.25, 0.3) is 0 Å². The number of halogens is 1. The van der Waals surface area contributed by atoms with E-state index in [4.69, 9.17) is 25.8 Å². The molecular weight excluding hydrogens is 482 g/mol. The van der Waals surface area contributed by atoms with Crippen molar-refractivity contribution in [2.45, 2.75) is 40.5 Å². The van der Waals surface area contributed by atoms with Crippen molar-refractivity contribution in [1.82, 2.24) is 9.78 Å². The monoisotopic (exact) mass is 505 g/mol. The van der Waals surface area contributed by atoms with Crippen LogP contribution in [0.2, 0.25) is 5.02 Å². The topological polar surface area (TPSA) is 109 Å². The van der Waals surface area contributed by atoms with E-state index in [1.54, 1.807) is 58.2 Å². The summed E-state index contributed by atoms with van der Waals surface area (Å²) >= 11 is 6.89. The van der Waals surface area contributed by atoms with Gasteiger partial charge in [0, 0.05) is 11.2 Å². The van der Waals surface area contributed by atoms with Gasteiger partial charge in [0.15, 0.2) is 12.4 Å². The summed E-state index contributed by atoms with van der Waals surface area (Å²) in [7, 11) is 0. The normalized spacial score (nSPS) is 10.8. The highest BCUT2D eigenvalue weighted by Crippen LogP contribution is 2.35. The Morgan fingerprint density at radius 2 is 1.97 bits per heavy atom. The molecule has 34 heavy (non-hydrogen) atoms. The third kappa shape index (κ3) is 6.15. The zero-order valence-electron chi connectivity index (χ0n) is 19.1. The second kappa shape index (κ2) is 11.2. The molecular formula is C23H24ClN3O6S. The summed E-state index contributed by atoms with van der Waals surface area (Å²) < 4.78 is 17.4. The minimum Gasteiger partial charge on any atom is -0.471 e. The maximum atomic E-state index is 12.9. The number of ether oxygens (including phenoxy) is 3. The number of carbonyl (C=O) groups is 3. The van der Waals surface area contributed by atoms with Crippen LogP contribution in [0.15, 0.2) is 36.5 Å². The van der Waals surface area contributed by atoms with Crippen molar-refractivity contribution in [2.75, 3.05) is 11.9 Å². The molecule has 0 bridgehead atoms. The highest BCUT2D eigenvalue weighted by molar-refractivity contribution is 7.18. The van der Waals surface area contributed by atoms with Crippen LogP contribution in [0.4, 0.5) is 5.00 Å². The number of benzene rings is 1. The minimum absolute atomic E-state index is 0.0602. The fraction of sp³-hybridized carbons (Fsp3) is 0.304. The van der Waals surface area contributed by atoms with Gasteiger partial charge >= 0.3 is 11.9 Å². The SMILES string of the molecule is CCOC(=O)c1sc(NC(=O)c2ccn(COc3cccc(Cl)c3)n2)c(C(=O)OC(C)C)c1C. The first-order valence-corrected chi connectivity index (χ1v) is 11.6. The molecule has 1 N–H and O–H groups in total. The number of nitrogens with zero attached hydrogens (tertiary/aromatic N) is 2. The molecule has 3 rings (SSSR count). The first kappa shape index (κ1) is 25.3. The van der Waals surface area contributed by atoms with E-state index in [1.807, 2.05) is 0 Å². The van der Waals surface area contributed by atoms with Crippen molar-refractivity contribution < 1.29 is 28.6 Å². The van der Waals surface area contributed by atoms with Crippen molar-refractivity contribution in [3.05, 3.63) is 63.2 Å². The van der Waals surface area contributed by atoms with E-state index in [0.29, 0.717) is 16.3 Å². The van der Waals surface area contributed by atoms with Gasteiger partial charge in [0.1, 0.15) is 15.6 Å². The first-order valence-electron chi connectivity index (χ1n) is 10.4. The number of nitrogens with one attached hydrogen (secondary N) is 1. The molecule has 1 aromatic carbocycles. The second-order valence-corrected chi connectivity index (χ2v) is 8.82. The van der Waals surface area contributed by atoms with Crippen molar-refractivity contribution in [1.29, 1.82) is 0 Å². The molecule has 3 aromatic rings. The number of hydrogen-bond donors (Lipinski definition) is 1. The molecule has 0 aliphatic rings. The average Bonchev–Trinajstić information content (AvgIpc) is 3.36. The van der Waals surface area contributed by atoms with E-state index in [0.717, 1.165) is 11.3 Å².